The van der Waals surface area contributed by atoms with Crippen LogP contribution in [0.1, 0.15) is 6.92 Å². The van der Waals surface area contributed by atoms with E-state index < -0.39 is 0 Å². The SMILES string of the molecule is CC(=O)[N+]1(N2CSCC2=O)CCN(C)CC1. The Balaban J connectivity index is 2.22. The Morgan fingerprint density at radius 2 is 2.00 bits per heavy atom. The first-order valence-electron chi connectivity index (χ1n) is 5.51. The molecule has 2 aliphatic rings. The Labute approximate surface area is 99.9 Å². The van der Waals surface area contributed by atoms with E-state index in [1.165, 1.54) is 0 Å². The van der Waals surface area contributed by atoms with Crippen LogP contribution in [0.2, 0.25) is 0 Å². The molecule has 5 nitrogen and oxygen atoms in total. The fourth-order valence-electron chi connectivity index (χ4n) is 2.31. The van der Waals surface area contributed by atoms with Crippen molar-refractivity contribution in [1.82, 2.24) is 9.91 Å². The summed E-state index contributed by atoms with van der Waals surface area (Å²) in [5.41, 5.74) is 0. The molecule has 0 atom stereocenters. The van der Waals surface area contributed by atoms with Gasteiger partial charge in [0.2, 0.25) is 0 Å². The normalized spacial score (nSPS) is 26.1. The molecule has 6 heteroatoms. The highest BCUT2D eigenvalue weighted by molar-refractivity contribution is 8.00. The number of carbonyl (C=O) groups is 2. The van der Waals surface area contributed by atoms with Crippen LogP contribution in [0.25, 0.3) is 0 Å². The van der Waals surface area contributed by atoms with Crippen molar-refractivity contribution in [2.45, 2.75) is 6.92 Å². The number of carbonyl (C=O) groups excluding carboxylic acids is 2. The van der Waals surface area contributed by atoms with Crippen LogP contribution in [0.15, 0.2) is 0 Å². The van der Waals surface area contributed by atoms with Gasteiger partial charge in [-0.2, -0.15) is 9.60 Å². The fourth-order valence-corrected chi connectivity index (χ4v) is 3.27. The summed E-state index contributed by atoms with van der Waals surface area (Å²) < 4.78 is 0.232. The van der Waals surface area contributed by atoms with E-state index in [0.29, 0.717) is 11.6 Å². The number of piperazine rings is 1. The van der Waals surface area contributed by atoms with E-state index in [1.807, 2.05) is 0 Å². The molecule has 2 amide bonds. The minimum absolute atomic E-state index is 0.0870. The molecule has 90 valence electrons. The zero-order valence-electron chi connectivity index (χ0n) is 9.81. The van der Waals surface area contributed by atoms with E-state index in [1.54, 1.807) is 23.7 Å². The molecule has 2 saturated heterocycles. The van der Waals surface area contributed by atoms with Crippen LogP contribution in [0.4, 0.5) is 0 Å². The van der Waals surface area contributed by atoms with Crippen LogP contribution < -0.4 is 0 Å². The minimum Gasteiger partial charge on any atom is -0.295 e. The molecule has 0 aromatic carbocycles. The van der Waals surface area contributed by atoms with Crippen LogP contribution in [0.5, 0.6) is 0 Å². The first kappa shape index (κ1) is 11.9. The minimum atomic E-state index is 0.0870. The monoisotopic (exact) mass is 244 g/mol. The lowest BCUT2D eigenvalue weighted by atomic mass is 10.3. The molecule has 0 aliphatic carbocycles. The van der Waals surface area contributed by atoms with Gasteiger partial charge in [-0.15, -0.1) is 11.8 Å². The Kier molecular flexibility index (Phi) is 3.23. The van der Waals surface area contributed by atoms with Gasteiger partial charge in [0, 0.05) is 0 Å². The highest BCUT2D eigenvalue weighted by atomic mass is 32.2. The van der Waals surface area contributed by atoms with Gasteiger partial charge in [0.05, 0.1) is 25.8 Å². The van der Waals surface area contributed by atoms with Crippen LogP contribution in [0, 0.1) is 0 Å². The number of hydrogen-bond donors (Lipinski definition) is 0. The molecule has 0 bridgehead atoms. The molecule has 0 spiro atoms. The van der Waals surface area contributed by atoms with E-state index in [4.69, 9.17) is 0 Å². The lowest BCUT2D eigenvalue weighted by Crippen LogP contribution is -2.69. The van der Waals surface area contributed by atoms with Crippen molar-refractivity contribution < 1.29 is 14.2 Å². The second kappa shape index (κ2) is 4.35. The molecule has 2 heterocycles. The van der Waals surface area contributed by atoms with E-state index in [0.717, 1.165) is 26.2 Å². The van der Waals surface area contributed by atoms with E-state index in [-0.39, 0.29) is 16.4 Å². The van der Waals surface area contributed by atoms with Crippen molar-refractivity contribution in [3.63, 3.8) is 0 Å². The average Bonchev–Trinajstić information content (AvgIpc) is 2.66. The van der Waals surface area contributed by atoms with Crippen LogP contribution >= 0.6 is 11.8 Å². The van der Waals surface area contributed by atoms with Gasteiger partial charge in [-0.3, -0.25) is 9.69 Å². The Morgan fingerprint density at radius 1 is 1.38 bits per heavy atom. The predicted octanol–water partition coefficient (Wildman–Crippen LogP) is -0.257. The smallest absolute Gasteiger partial charge is 0.295 e. The molecule has 2 aliphatic heterocycles. The average molecular weight is 244 g/mol. The maximum atomic E-state index is 11.9. The van der Waals surface area contributed by atoms with Crippen molar-refractivity contribution in [2.75, 3.05) is 44.9 Å². The highest BCUT2D eigenvalue weighted by Crippen LogP contribution is 2.26. The number of hydrogen-bond acceptors (Lipinski definition) is 4. The third-order valence-electron chi connectivity index (χ3n) is 3.48. The van der Waals surface area contributed by atoms with Gasteiger partial charge in [-0.05, 0) is 7.05 Å². The maximum Gasteiger partial charge on any atom is 0.335 e. The summed E-state index contributed by atoms with van der Waals surface area (Å²) in [6.45, 7) is 4.78. The van der Waals surface area contributed by atoms with Gasteiger partial charge in [0.1, 0.15) is 19.0 Å². The first-order valence-corrected chi connectivity index (χ1v) is 6.67. The zero-order chi connectivity index (χ0) is 11.8. The zero-order valence-corrected chi connectivity index (χ0v) is 10.6. The molecule has 2 fully saturated rings. The molecule has 2 rings (SSSR count). The Morgan fingerprint density at radius 3 is 2.44 bits per heavy atom. The number of thioether (sulfide) groups is 1. The lowest BCUT2D eigenvalue weighted by molar-refractivity contribution is -0.956. The van der Waals surface area contributed by atoms with Crippen molar-refractivity contribution >= 4 is 23.6 Å². The van der Waals surface area contributed by atoms with Crippen molar-refractivity contribution in [1.29, 1.82) is 0 Å². The highest BCUT2D eigenvalue weighted by Gasteiger charge is 2.47. The molecule has 0 saturated carbocycles. The number of likely N-dealkylation sites (N-methyl/N-ethyl adjacent to an activating group) is 1. The third-order valence-corrected chi connectivity index (χ3v) is 4.36. The summed E-state index contributed by atoms with van der Waals surface area (Å²) in [7, 11) is 2.05. The van der Waals surface area contributed by atoms with Gasteiger partial charge < -0.3 is 0 Å². The van der Waals surface area contributed by atoms with Crippen LogP contribution in [-0.4, -0.2) is 71.2 Å². The van der Waals surface area contributed by atoms with Gasteiger partial charge in [0.25, 0.3) is 5.91 Å². The molecule has 0 aromatic heterocycles. The number of quaternary nitrogens is 1. The summed E-state index contributed by atoms with van der Waals surface area (Å²) in [5, 5.41) is 1.75. The largest absolute Gasteiger partial charge is 0.335 e. The molecule has 0 N–H and O–H groups in total. The summed E-state index contributed by atoms with van der Waals surface area (Å²) in [5.74, 6) is 1.36. The van der Waals surface area contributed by atoms with E-state index in [2.05, 4.69) is 11.9 Å². The first-order chi connectivity index (χ1) is 7.56. The number of rotatable bonds is 1. The fraction of sp³-hybridized carbons (Fsp3) is 0.800. The quantitative estimate of drug-likeness (QED) is 0.596. The van der Waals surface area contributed by atoms with E-state index in [9.17, 15) is 9.59 Å². The van der Waals surface area contributed by atoms with Gasteiger partial charge in [-0.1, -0.05) is 0 Å². The van der Waals surface area contributed by atoms with E-state index >= 15 is 0 Å². The van der Waals surface area contributed by atoms with Gasteiger partial charge in [-0.25, -0.2) is 4.79 Å². The summed E-state index contributed by atoms with van der Waals surface area (Å²) in [4.78, 5) is 25.9. The third kappa shape index (κ3) is 1.85. The molecular formula is C10H18N3O2S+. The van der Waals surface area contributed by atoms with Crippen LogP contribution in [-0.2, 0) is 9.59 Å². The second-order valence-corrected chi connectivity index (χ2v) is 5.42. The van der Waals surface area contributed by atoms with Crippen molar-refractivity contribution in [3.8, 4) is 0 Å². The molecule has 0 aromatic rings. The van der Waals surface area contributed by atoms with Crippen LogP contribution in [0.3, 0.4) is 0 Å². The summed E-state index contributed by atoms with van der Waals surface area (Å²) in [6, 6.07) is 0. The maximum absolute atomic E-state index is 11.9. The molecule has 0 radical (unpaired) electrons. The van der Waals surface area contributed by atoms with Crippen molar-refractivity contribution in [2.24, 2.45) is 0 Å². The topological polar surface area (TPSA) is 40.6 Å². The summed E-state index contributed by atoms with van der Waals surface area (Å²) >= 11 is 1.60. The van der Waals surface area contributed by atoms with Gasteiger partial charge in [0.15, 0.2) is 0 Å². The predicted molar refractivity (Wildman–Crippen MR) is 62.3 cm³/mol. The standard InChI is InChI=1S/C10H18N3O2S/c1-9(14)13(5-3-11(2)4-6-13)12-8-16-7-10(12)15/h3-8H2,1-2H3/q+1. The number of amides is 2. The van der Waals surface area contributed by atoms with Gasteiger partial charge >= 0.3 is 5.91 Å². The summed E-state index contributed by atoms with van der Waals surface area (Å²) in [6.07, 6.45) is 0. The molecule has 16 heavy (non-hydrogen) atoms. The molecule has 0 unspecified atom stereocenters. The van der Waals surface area contributed by atoms with Crippen molar-refractivity contribution in [3.05, 3.63) is 0 Å². The number of nitrogens with zero attached hydrogens (tertiary/aromatic N) is 3. The Bertz CT molecular complexity index is 313. The Hall–Kier alpha value is -0.590. The second-order valence-electron chi connectivity index (χ2n) is 4.46. The molecular weight excluding hydrogens is 226 g/mol. The lowest BCUT2D eigenvalue weighted by Gasteiger charge is -2.44.